The Hall–Kier alpha value is -3.86. The average Bonchev–Trinajstić information content (AvgIpc) is 3.30. The van der Waals surface area contributed by atoms with Crippen LogP contribution in [-0.4, -0.2) is 55.5 Å². The van der Waals surface area contributed by atoms with E-state index >= 15 is 0 Å². The number of rotatable bonds is 4. The number of carbonyl (C=O) groups excluding carboxylic acids is 3. The van der Waals surface area contributed by atoms with Crippen LogP contribution in [0.25, 0.3) is 5.76 Å². The number of aliphatic hydroxyl groups is 3. The number of halogens is 1. The maximum Gasteiger partial charge on any atom is 0.255 e. The highest BCUT2D eigenvalue weighted by molar-refractivity contribution is 6.32. The van der Waals surface area contributed by atoms with E-state index in [-0.39, 0.29) is 36.1 Å². The summed E-state index contributed by atoms with van der Waals surface area (Å²) in [5, 5.41) is 44.6. The molecule has 0 radical (unpaired) electrons. The van der Waals surface area contributed by atoms with Crippen molar-refractivity contribution >= 4 is 34.8 Å². The van der Waals surface area contributed by atoms with E-state index in [1.165, 1.54) is 6.07 Å². The highest BCUT2D eigenvalue weighted by Gasteiger charge is 2.60. The summed E-state index contributed by atoms with van der Waals surface area (Å²) in [5.41, 5.74) is 5.00. The van der Waals surface area contributed by atoms with Crippen molar-refractivity contribution < 1.29 is 39.5 Å². The largest absolute Gasteiger partial charge is 0.508 e. The molecule has 40 heavy (non-hydrogen) atoms. The van der Waals surface area contributed by atoms with Crippen LogP contribution in [0.1, 0.15) is 40.7 Å². The number of ether oxygens (including phenoxy) is 1. The minimum atomic E-state index is -2.59. The molecule has 1 aliphatic heterocycles. The quantitative estimate of drug-likeness (QED) is 0.349. The fourth-order valence-electron chi connectivity index (χ4n) is 6.76. The molecule has 208 valence electrons. The lowest BCUT2D eigenvalue weighted by atomic mass is 9.59. The summed E-state index contributed by atoms with van der Waals surface area (Å²) in [6.07, 6.45) is -0.166. The Morgan fingerprint density at radius 2 is 1.88 bits per heavy atom. The summed E-state index contributed by atoms with van der Waals surface area (Å²) in [6.45, 7) is 1.76. The van der Waals surface area contributed by atoms with Gasteiger partial charge in [-0.3, -0.25) is 19.3 Å². The van der Waals surface area contributed by atoms with Crippen molar-refractivity contribution in [2.24, 2.45) is 17.6 Å². The number of Topliss-reactive ketones (excluding diaryl/α,β-unsaturated/α-hetero) is 2. The van der Waals surface area contributed by atoms with Crippen LogP contribution in [0.2, 0.25) is 5.02 Å². The van der Waals surface area contributed by atoms with Crippen LogP contribution in [0.3, 0.4) is 0 Å². The lowest BCUT2D eigenvalue weighted by Crippen LogP contribution is -2.58. The van der Waals surface area contributed by atoms with Crippen molar-refractivity contribution in [3.63, 3.8) is 0 Å². The zero-order valence-electron chi connectivity index (χ0n) is 21.5. The minimum absolute atomic E-state index is 0.0182. The van der Waals surface area contributed by atoms with Gasteiger partial charge in [0.2, 0.25) is 5.78 Å². The number of hydrogen-bond acceptors (Lipinski definition) is 9. The van der Waals surface area contributed by atoms with Gasteiger partial charge in [-0.25, -0.2) is 0 Å². The maximum absolute atomic E-state index is 13.6. The summed E-state index contributed by atoms with van der Waals surface area (Å²) in [5.74, 6) is -5.90. The topological polar surface area (TPSA) is 171 Å². The van der Waals surface area contributed by atoms with Crippen LogP contribution < -0.4 is 10.5 Å². The Balaban J connectivity index is 1.37. The lowest BCUT2D eigenvalue weighted by Gasteiger charge is -2.46. The Labute approximate surface area is 233 Å². The number of phenols is 1. The van der Waals surface area contributed by atoms with E-state index in [1.807, 2.05) is 18.2 Å². The highest BCUT2D eigenvalue weighted by atomic mass is 35.5. The molecule has 6 rings (SSSR count). The first kappa shape index (κ1) is 26.4. The van der Waals surface area contributed by atoms with Crippen LogP contribution in [-0.2, 0) is 40.4 Å². The van der Waals surface area contributed by atoms with Gasteiger partial charge in [0, 0.05) is 42.6 Å². The molecule has 1 saturated carbocycles. The normalized spacial score (nSPS) is 25.9. The fourth-order valence-corrected chi connectivity index (χ4v) is 7.05. The van der Waals surface area contributed by atoms with Crippen LogP contribution >= 0.6 is 11.6 Å². The molecule has 2 aromatic rings. The van der Waals surface area contributed by atoms with Crippen LogP contribution in [0.5, 0.6) is 11.5 Å². The second-order valence-electron chi connectivity index (χ2n) is 10.9. The maximum atomic E-state index is 13.6. The monoisotopic (exact) mass is 566 g/mol. The molecule has 11 heteroatoms. The molecule has 1 unspecified atom stereocenters. The molecule has 6 N–H and O–H groups in total. The molecule has 0 aromatic heterocycles. The van der Waals surface area contributed by atoms with Gasteiger partial charge in [-0.15, -0.1) is 0 Å². The van der Waals surface area contributed by atoms with Gasteiger partial charge in [0.1, 0.15) is 28.6 Å². The summed E-state index contributed by atoms with van der Waals surface area (Å²) < 4.78 is 5.32. The smallest absolute Gasteiger partial charge is 0.255 e. The van der Waals surface area contributed by atoms with E-state index in [0.29, 0.717) is 35.8 Å². The number of carbonyl (C=O) groups is 3. The molecule has 3 atom stereocenters. The third kappa shape index (κ3) is 3.67. The predicted octanol–water partition coefficient (Wildman–Crippen LogP) is 2.60. The standard InChI is InChI=1S/C29H27ClN2O8/c1-40-17-3-2-12-9-32(10-14(12)5-17)11-15-7-19(33)22-18(24(15)30)6-13-4-16-8-20(34)23(28(31)38)27(37)29(16,39)26(36)21(13)25(22)35/h2-3,5,7,13,16,33,35,37,39H,4,6,8-11H2,1H3,(H2,31,38)/t13?,16-,29-/m0/s1. The van der Waals surface area contributed by atoms with E-state index in [4.69, 9.17) is 22.1 Å². The summed E-state index contributed by atoms with van der Waals surface area (Å²) in [4.78, 5) is 40.1. The molecule has 0 bridgehead atoms. The zero-order chi connectivity index (χ0) is 28.7. The number of nitrogens with two attached hydrogens (primary N) is 1. The van der Waals surface area contributed by atoms with Gasteiger partial charge in [0.25, 0.3) is 5.91 Å². The number of hydrogen-bond donors (Lipinski definition) is 5. The molecule has 0 spiro atoms. The summed E-state index contributed by atoms with van der Waals surface area (Å²) >= 11 is 6.86. The van der Waals surface area contributed by atoms with Crippen molar-refractivity contribution in [3.05, 3.63) is 74.0 Å². The number of aromatic hydroxyl groups is 1. The number of nitrogens with zero attached hydrogens (tertiary/aromatic N) is 1. The van der Waals surface area contributed by atoms with Crippen LogP contribution in [0.15, 0.2) is 41.2 Å². The molecule has 1 heterocycles. The third-order valence-electron chi connectivity index (χ3n) is 8.67. The predicted molar refractivity (Wildman–Crippen MR) is 142 cm³/mol. The SMILES string of the molecule is COc1ccc2c(c1)CN(Cc1cc(O)c3c(c1Cl)CC1C[C@H]4CC(=O)C(C(N)=O)=C(O)[C@@]4(O)C(=O)C1=C3O)C2. The fraction of sp³-hybridized carbons (Fsp3) is 0.345. The Morgan fingerprint density at radius 1 is 1.15 bits per heavy atom. The number of ketones is 2. The van der Waals surface area contributed by atoms with Gasteiger partial charge in [0.15, 0.2) is 11.4 Å². The van der Waals surface area contributed by atoms with Gasteiger partial charge in [0.05, 0.1) is 12.7 Å². The summed E-state index contributed by atoms with van der Waals surface area (Å²) in [6, 6.07) is 7.36. The highest BCUT2D eigenvalue weighted by Crippen LogP contribution is 2.53. The van der Waals surface area contributed by atoms with E-state index in [0.717, 1.165) is 16.9 Å². The molecule has 1 amide bonds. The third-order valence-corrected chi connectivity index (χ3v) is 9.14. The first-order valence-corrected chi connectivity index (χ1v) is 13.2. The number of amides is 1. The molecule has 1 fully saturated rings. The molecule has 2 aromatic carbocycles. The Kier molecular flexibility index (Phi) is 5.99. The Morgan fingerprint density at radius 3 is 2.58 bits per heavy atom. The molecule has 0 saturated heterocycles. The first-order chi connectivity index (χ1) is 18.9. The number of methoxy groups -OCH3 is 1. The lowest BCUT2D eigenvalue weighted by molar-refractivity contribution is -0.147. The van der Waals surface area contributed by atoms with Gasteiger partial charge in [-0.1, -0.05) is 17.7 Å². The number of fused-ring (bicyclic) bond motifs is 4. The molecule has 4 aliphatic rings. The van der Waals surface area contributed by atoms with Crippen molar-refractivity contribution in [2.75, 3.05) is 7.11 Å². The van der Waals surface area contributed by atoms with Crippen molar-refractivity contribution in [3.8, 4) is 11.5 Å². The second-order valence-corrected chi connectivity index (χ2v) is 11.3. The van der Waals surface area contributed by atoms with E-state index < -0.39 is 52.0 Å². The van der Waals surface area contributed by atoms with Gasteiger partial charge >= 0.3 is 0 Å². The summed E-state index contributed by atoms with van der Waals surface area (Å²) in [7, 11) is 1.61. The van der Waals surface area contributed by atoms with Crippen molar-refractivity contribution in [1.29, 1.82) is 0 Å². The number of aliphatic hydroxyl groups excluding tert-OH is 2. The minimum Gasteiger partial charge on any atom is -0.508 e. The number of benzene rings is 2. The van der Waals surface area contributed by atoms with E-state index in [2.05, 4.69) is 4.90 Å². The number of phenolic OH excluding ortho intramolecular Hbond substituents is 1. The van der Waals surface area contributed by atoms with Crippen LogP contribution in [0.4, 0.5) is 0 Å². The molecule has 10 nitrogen and oxygen atoms in total. The molecular formula is C29H27ClN2O8. The number of primary amides is 1. The average molecular weight is 567 g/mol. The van der Waals surface area contributed by atoms with E-state index in [1.54, 1.807) is 7.11 Å². The van der Waals surface area contributed by atoms with E-state index in [9.17, 15) is 34.8 Å². The van der Waals surface area contributed by atoms with Crippen LogP contribution in [0, 0.1) is 11.8 Å². The van der Waals surface area contributed by atoms with Crippen molar-refractivity contribution in [2.45, 2.75) is 44.5 Å². The van der Waals surface area contributed by atoms with Crippen molar-refractivity contribution in [1.82, 2.24) is 4.90 Å². The van der Waals surface area contributed by atoms with Gasteiger partial charge in [-0.05, 0) is 59.2 Å². The van der Waals surface area contributed by atoms with Gasteiger partial charge < -0.3 is 30.9 Å². The first-order valence-electron chi connectivity index (χ1n) is 12.8. The zero-order valence-corrected chi connectivity index (χ0v) is 22.3. The molecular weight excluding hydrogens is 540 g/mol. The molecule has 3 aliphatic carbocycles. The Bertz CT molecular complexity index is 1590. The second kappa shape index (κ2) is 9.09. The van der Waals surface area contributed by atoms with Gasteiger partial charge in [-0.2, -0.15) is 0 Å².